The number of rotatable bonds is 13. The van der Waals surface area contributed by atoms with Gasteiger partial charge in [-0.3, -0.25) is 9.59 Å². The molecule has 2 aromatic heterocycles. The van der Waals surface area contributed by atoms with Crippen LogP contribution >= 0.6 is 23.2 Å². The molecular weight excluding hydrogens is 1060 g/mol. The Morgan fingerprint density at radius 2 is 1.21 bits per heavy atom. The van der Waals surface area contributed by atoms with Gasteiger partial charge in [0.15, 0.2) is 0 Å². The first-order valence-corrected chi connectivity index (χ1v) is 18.6. The van der Waals surface area contributed by atoms with Crippen molar-refractivity contribution in [3.05, 3.63) is 159 Å². The van der Waals surface area contributed by atoms with Gasteiger partial charge in [0.05, 0.1) is 31.9 Å². The molecule has 0 amide bonds. The van der Waals surface area contributed by atoms with E-state index in [4.69, 9.17) is 44.2 Å². The van der Waals surface area contributed by atoms with Crippen molar-refractivity contribution in [2.45, 2.75) is 12.8 Å². The quantitative estimate of drug-likeness (QED) is 0.0764. The summed E-state index contributed by atoms with van der Waals surface area (Å²) in [5.41, 5.74) is 4.48. The van der Waals surface area contributed by atoms with Crippen molar-refractivity contribution in [2.75, 3.05) is 46.3 Å². The number of benzene rings is 4. The molecule has 4 aromatic carbocycles. The third-order valence-corrected chi connectivity index (χ3v) is 8.98. The predicted octanol–water partition coefficient (Wildman–Crippen LogP) is 8.58. The van der Waals surface area contributed by atoms with Crippen LogP contribution in [-0.2, 0) is 22.4 Å². The van der Waals surface area contributed by atoms with Crippen molar-refractivity contribution in [1.29, 1.82) is 1.34 Å². The zero-order valence-electron chi connectivity index (χ0n) is 34.6. The summed E-state index contributed by atoms with van der Waals surface area (Å²) in [6.07, 6.45) is 3.66. The first-order chi connectivity index (χ1) is 29.2. The first-order valence-electron chi connectivity index (χ1n) is 18.4. The summed E-state index contributed by atoms with van der Waals surface area (Å²) in [7, 11) is 9.98. The smallest absolute Gasteiger partial charge is 0.323 e. The van der Waals surface area contributed by atoms with Gasteiger partial charge in [0.2, 0.25) is 5.95 Å². The molecule has 0 saturated carbocycles. The first kappa shape index (κ1) is 50.3. The molecule has 17 heteroatoms. The van der Waals surface area contributed by atoms with Crippen LogP contribution in [0.3, 0.4) is 0 Å². The topological polar surface area (TPSA) is 134 Å². The number of anilines is 1. The molecule has 2 radical (unpaired) electrons. The number of hydrogen-bond donors (Lipinski definition) is 3. The van der Waals surface area contributed by atoms with Gasteiger partial charge in [-0.15, -0.1) is 0 Å². The maximum atomic E-state index is 15.4. The average Bonchev–Trinajstić information content (AvgIpc) is 3.24. The molecule has 2 heterocycles. The van der Waals surface area contributed by atoms with E-state index in [2.05, 4.69) is 23.7 Å². The number of halogens is 5. The minimum absolute atomic E-state index is 0. The molecule has 0 unspecified atom stereocenters. The molecule has 6 aromatic rings. The number of aromatic nitrogens is 2. The molecule has 316 valence electrons. The maximum Gasteiger partial charge on any atom is 0.323 e. The molecule has 0 spiro atoms. The van der Waals surface area contributed by atoms with Crippen molar-refractivity contribution in [3.8, 4) is 33.8 Å². The van der Waals surface area contributed by atoms with Gasteiger partial charge in [-0.1, -0.05) is 71.7 Å². The largest absolute Gasteiger partial charge is 0.496 e. The molecule has 0 aliphatic heterocycles. The number of likely N-dealkylation sites (N-methyl/N-ethyl adjacent to an activating group) is 2. The van der Waals surface area contributed by atoms with Gasteiger partial charge >= 0.3 is 11.9 Å². The van der Waals surface area contributed by atoms with Gasteiger partial charge in [-0.2, -0.15) is 4.39 Å². The van der Waals surface area contributed by atoms with Crippen LogP contribution < -0.4 is 19.7 Å². The van der Waals surface area contributed by atoms with E-state index in [9.17, 15) is 14.0 Å². The molecule has 0 bridgehead atoms. The number of carboxylic acids is 2. The molecule has 0 aliphatic rings. The third-order valence-electron chi connectivity index (χ3n) is 8.51. The third kappa shape index (κ3) is 15.4. The fourth-order valence-electron chi connectivity index (χ4n) is 5.78. The van der Waals surface area contributed by atoms with E-state index in [0.717, 1.165) is 11.1 Å². The monoisotopic (exact) mass is 1100 g/mol. The Hall–Kier alpha value is -5.03. The number of ether oxygens (including phenoxy) is 2. The van der Waals surface area contributed by atoms with E-state index in [1.807, 2.05) is 6.07 Å². The van der Waals surface area contributed by atoms with Crippen LogP contribution in [0.15, 0.2) is 109 Å². The van der Waals surface area contributed by atoms with Crippen LogP contribution in [0.4, 0.5) is 19.0 Å². The molecule has 6 rings (SSSR count). The molecule has 0 fully saturated rings. The summed E-state index contributed by atoms with van der Waals surface area (Å²) >= 11 is 12.1. The van der Waals surface area contributed by atoms with Gasteiger partial charge in [-0.25, -0.2) is 18.7 Å². The zero-order chi connectivity index (χ0) is 45.1. The van der Waals surface area contributed by atoms with E-state index in [-0.39, 0.29) is 55.8 Å². The fourth-order valence-corrected chi connectivity index (χ4v) is 6.16. The summed E-state index contributed by atoms with van der Waals surface area (Å²) < 4.78 is 59.3. The van der Waals surface area contributed by atoms with Gasteiger partial charge in [0.1, 0.15) is 35.5 Å². The van der Waals surface area contributed by atoms with Crippen molar-refractivity contribution >= 4 is 49.3 Å². The summed E-state index contributed by atoms with van der Waals surface area (Å²) in [5.74, 6) is -1.70. The number of nitrogens with zero attached hydrogens (tertiary/aromatic N) is 3. The standard InChI is InChI=1S/C22H20ClFN2O3.C19H14ClF2NO.C3H7NO2.BH.U/c1-26(13-20(27)28)19-9-6-14(12-25-19)10-16-7-8-18(29-2)21(22(16)24)15-4-3-5-17(23)11-15;1-24-16-7-6-14(9-12-5-8-17(21)23-11-12)19(22)18(16)13-3-2-4-15(20)10-13;1-4-2-3(5)6;;/h3-9,11-12H,10,13H2,1-2H3,(H,27,28);2-8,10-11H,9H2,1H3;4H,2H2,1H3,(H,5,6);1H;/i;;;1D;. The van der Waals surface area contributed by atoms with Crippen molar-refractivity contribution in [2.24, 2.45) is 0 Å². The maximum absolute atomic E-state index is 15.4. The number of carbonyl (C=O) groups is 2. The number of aliphatic carboxylic acids is 2. The minimum Gasteiger partial charge on any atom is -0.496 e. The molecular formula is C44H42BCl2F3N4O6U. The van der Waals surface area contributed by atoms with Crippen LogP contribution in [0.5, 0.6) is 11.5 Å². The Morgan fingerprint density at radius 1 is 0.738 bits per heavy atom. The van der Waals surface area contributed by atoms with E-state index in [0.29, 0.717) is 73.6 Å². The summed E-state index contributed by atoms with van der Waals surface area (Å²) in [4.78, 5) is 29.8. The van der Waals surface area contributed by atoms with E-state index in [1.165, 1.54) is 31.4 Å². The van der Waals surface area contributed by atoms with Gasteiger partial charge in [-0.05, 0) is 90.3 Å². The zero-order valence-corrected chi connectivity index (χ0v) is 39.2. The molecule has 0 saturated heterocycles. The van der Waals surface area contributed by atoms with Crippen molar-refractivity contribution in [1.82, 2.24) is 15.3 Å². The molecule has 3 N–H and O–H groups in total. The molecule has 0 aliphatic carbocycles. The number of carboxylic acid groups (broad SMARTS) is 2. The Labute approximate surface area is 389 Å². The normalized spacial score (nSPS) is 10.1. The summed E-state index contributed by atoms with van der Waals surface area (Å²) in [5, 5.41) is 20.2. The molecule has 61 heavy (non-hydrogen) atoms. The number of methoxy groups -OCH3 is 2. The Kier molecular flexibility index (Phi) is 21.2. The van der Waals surface area contributed by atoms with Gasteiger partial charge in [0, 0.05) is 81.8 Å². The second-order valence-corrected chi connectivity index (χ2v) is 13.7. The Morgan fingerprint density at radius 3 is 1.56 bits per heavy atom. The second kappa shape index (κ2) is 25.7. The van der Waals surface area contributed by atoms with Gasteiger partial charge in [0.25, 0.3) is 0 Å². The van der Waals surface area contributed by atoms with E-state index >= 15 is 8.78 Å². The van der Waals surface area contributed by atoms with Crippen LogP contribution in [0, 0.1) is 48.7 Å². The summed E-state index contributed by atoms with van der Waals surface area (Å²) in [6, 6.07) is 27.1. The number of pyridine rings is 2. The molecule has 10 nitrogen and oxygen atoms in total. The van der Waals surface area contributed by atoms with E-state index < -0.39 is 17.9 Å². The van der Waals surface area contributed by atoms with Crippen LogP contribution in [0.2, 0.25) is 10.0 Å². The van der Waals surface area contributed by atoms with Crippen molar-refractivity contribution < 1.29 is 73.6 Å². The Balaban J connectivity index is 0.000000363. The Bertz CT molecular complexity index is 2370. The van der Waals surface area contributed by atoms with Crippen LogP contribution in [-0.4, -0.2) is 83.2 Å². The predicted molar refractivity (Wildman–Crippen MR) is 230 cm³/mol. The second-order valence-electron chi connectivity index (χ2n) is 12.8. The minimum atomic E-state index is -0.938. The van der Waals surface area contributed by atoms with Crippen molar-refractivity contribution in [3.63, 3.8) is 0 Å². The van der Waals surface area contributed by atoms with Gasteiger partial charge < -0.3 is 29.9 Å². The SMILES string of the molecule is CNCC(=O)O.COc1ccc(Cc2ccc(F)nc2)c(F)c1-c1cccc(Cl)c1.COc1ccc(Cc2ccc(N(C)CC(=O)O)nc2)c(F)c1-c1cccc(Cl)c1.[2H][B].[U]. The number of nitrogens with one attached hydrogen (secondary N) is 1. The number of hydrogen-bond acceptors (Lipinski definition) is 8. The van der Waals surface area contributed by atoms with E-state index in [1.54, 1.807) is 105 Å². The van der Waals surface area contributed by atoms with Crippen LogP contribution in [0.1, 0.15) is 22.3 Å². The van der Waals surface area contributed by atoms with Crippen LogP contribution in [0.25, 0.3) is 22.3 Å². The fraction of sp³-hybridized carbons (Fsp3) is 0.182. The molecule has 0 atom stereocenters. The average molecular weight is 1100 g/mol. The summed E-state index contributed by atoms with van der Waals surface area (Å²) in [6.45, 7) is -0.109.